The Hall–Kier alpha value is -1.75. The predicted molar refractivity (Wildman–Crippen MR) is 69.7 cm³/mol. The molecule has 0 saturated carbocycles. The fraction of sp³-hybridized carbons (Fsp3) is 0.308. The number of rotatable bonds is 2. The molecule has 0 bridgehead atoms. The van der Waals surface area contributed by atoms with Gasteiger partial charge in [-0.1, -0.05) is 23.5 Å². The number of nitrogens with zero attached hydrogens (tertiary/aromatic N) is 2. The number of allylic oxidation sites excluding steroid dienone is 2. The molecule has 2 aromatic rings. The number of hydrogen-bond acceptors (Lipinski definition) is 4. The number of pyridine rings is 1. The molecule has 0 aromatic carbocycles. The fourth-order valence-corrected chi connectivity index (χ4v) is 3.39. The van der Waals surface area contributed by atoms with Crippen molar-refractivity contribution < 1.29 is 9.90 Å². The molecule has 92 valence electrons. The van der Waals surface area contributed by atoms with Crippen LogP contribution in [-0.4, -0.2) is 21.0 Å². The maximum Gasteiger partial charge on any atom is 0.307 e. The van der Waals surface area contributed by atoms with Crippen LogP contribution in [0.4, 0.5) is 0 Å². The van der Waals surface area contributed by atoms with Crippen LogP contribution in [0.3, 0.4) is 0 Å². The Balaban J connectivity index is 2.02. The highest BCUT2D eigenvalue weighted by atomic mass is 32.1. The zero-order valence-corrected chi connectivity index (χ0v) is 10.4. The van der Waals surface area contributed by atoms with E-state index in [0.717, 1.165) is 21.8 Å². The molecule has 0 radical (unpaired) electrons. The summed E-state index contributed by atoms with van der Waals surface area (Å²) < 4.78 is 0. The van der Waals surface area contributed by atoms with E-state index in [4.69, 9.17) is 0 Å². The second-order valence-corrected chi connectivity index (χ2v) is 5.38. The van der Waals surface area contributed by atoms with E-state index in [1.807, 2.05) is 24.3 Å². The molecule has 2 heterocycles. The Labute approximate surface area is 108 Å². The van der Waals surface area contributed by atoms with Crippen molar-refractivity contribution in [1.82, 2.24) is 9.97 Å². The van der Waals surface area contributed by atoms with E-state index in [9.17, 15) is 9.90 Å². The fourth-order valence-electron chi connectivity index (χ4n) is 2.31. The standard InChI is InChI=1S/C13H12N2O2S/c16-13(17)9-5-2-1-4-8(9)11-15-10-6-3-7-14-12(10)18-11/h1-3,6-9H,4-5H2,(H,16,17)/t8-,9+/m1/s1. The average molecular weight is 260 g/mol. The molecule has 1 aliphatic rings. The zero-order chi connectivity index (χ0) is 12.5. The Kier molecular flexibility index (Phi) is 2.83. The van der Waals surface area contributed by atoms with Gasteiger partial charge >= 0.3 is 5.97 Å². The van der Waals surface area contributed by atoms with Gasteiger partial charge in [0.2, 0.25) is 0 Å². The van der Waals surface area contributed by atoms with Gasteiger partial charge in [-0.15, -0.1) is 0 Å². The first-order chi connectivity index (χ1) is 8.75. The number of aliphatic carboxylic acids is 1. The van der Waals surface area contributed by atoms with E-state index in [-0.39, 0.29) is 11.8 Å². The first-order valence-electron chi connectivity index (χ1n) is 5.85. The summed E-state index contributed by atoms with van der Waals surface area (Å²) in [5.74, 6) is -1.13. The summed E-state index contributed by atoms with van der Waals surface area (Å²) in [4.78, 5) is 20.9. The number of thiazole rings is 1. The first-order valence-corrected chi connectivity index (χ1v) is 6.66. The molecule has 2 aromatic heterocycles. The number of fused-ring (bicyclic) bond motifs is 1. The second kappa shape index (κ2) is 4.49. The Morgan fingerprint density at radius 2 is 2.22 bits per heavy atom. The normalized spacial score (nSPS) is 23.3. The van der Waals surface area contributed by atoms with Crippen LogP contribution in [0.15, 0.2) is 30.5 Å². The van der Waals surface area contributed by atoms with Crippen LogP contribution in [0.1, 0.15) is 23.8 Å². The number of aromatic nitrogens is 2. The topological polar surface area (TPSA) is 63.1 Å². The summed E-state index contributed by atoms with van der Waals surface area (Å²) in [6, 6.07) is 3.76. The average Bonchev–Trinajstić information content (AvgIpc) is 2.82. The lowest BCUT2D eigenvalue weighted by molar-refractivity contribution is -0.142. The lowest BCUT2D eigenvalue weighted by Gasteiger charge is -2.22. The minimum Gasteiger partial charge on any atom is -0.481 e. The molecule has 0 spiro atoms. The van der Waals surface area contributed by atoms with E-state index in [2.05, 4.69) is 9.97 Å². The SMILES string of the molecule is O=C(O)[C@H]1CC=CC[C@H]1c1nc2cccnc2s1. The van der Waals surface area contributed by atoms with Crippen LogP contribution in [0.2, 0.25) is 0 Å². The zero-order valence-electron chi connectivity index (χ0n) is 9.61. The highest BCUT2D eigenvalue weighted by Crippen LogP contribution is 2.37. The van der Waals surface area contributed by atoms with Crippen LogP contribution < -0.4 is 0 Å². The minimum atomic E-state index is -0.739. The maximum atomic E-state index is 11.3. The predicted octanol–water partition coefficient (Wildman–Crippen LogP) is 2.83. The van der Waals surface area contributed by atoms with Crippen molar-refractivity contribution in [3.63, 3.8) is 0 Å². The molecular weight excluding hydrogens is 248 g/mol. The van der Waals surface area contributed by atoms with Crippen LogP contribution in [0.5, 0.6) is 0 Å². The number of carbonyl (C=O) groups is 1. The second-order valence-electron chi connectivity index (χ2n) is 4.37. The quantitative estimate of drug-likeness (QED) is 0.843. The number of hydrogen-bond donors (Lipinski definition) is 1. The molecule has 1 aliphatic carbocycles. The molecule has 0 amide bonds. The molecule has 1 N–H and O–H groups in total. The maximum absolute atomic E-state index is 11.3. The van der Waals surface area contributed by atoms with Gasteiger partial charge in [-0.05, 0) is 25.0 Å². The van der Waals surface area contributed by atoms with E-state index in [1.165, 1.54) is 11.3 Å². The van der Waals surface area contributed by atoms with Crippen LogP contribution >= 0.6 is 11.3 Å². The molecule has 2 atom stereocenters. The molecule has 3 rings (SSSR count). The Bertz CT molecular complexity index is 587. The van der Waals surface area contributed by atoms with Crippen LogP contribution in [0.25, 0.3) is 10.3 Å². The summed E-state index contributed by atoms with van der Waals surface area (Å²) >= 11 is 1.51. The van der Waals surface area contributed by atoms with Gasteiger partial charge in [-0.3, -0.25) is 4.79 Å². The molecule has 0 aliphatic heterocycles. The highest BCUT2D eigenvalue weighted by Gasteiger charge is 2.32. The van der Waals surface area contributed by atoms with Gasteiger partial charge in [-0.25, -0.2) is 9.97 Å². The summed E-state index contributed by atoms with van der Waals surface area (Å²) in [6.07, 6.45) is 7.06. The van der Waals surface area contributed by atoms with Crippen molar-refractivity contribution in [1.29, 1.82) is 0 Å². The summed E-state index contributed by atoms with van der Waals surface area (Å²) in [6.45, 7) is 0. The highest BCUT2D eigenvalue weighted by molar-refractivity contribution is 7.18. The van der Waals surface area contributed by atoms with Crippen molar-refractivity contribution in [2.24, 2.45) is 5.92 Å². The third-order valence-electron chi connectivity index (χ3n) is 3.25. The smallest absolute Gasteiger partial charge is 0.307 e. The molecule has 4 nitrogen and oxygen atoms in total. The Morgan fingerprint density at radius 3 is 3.00 bits per heavy atom. The van der Waals surface area contributed by atoms with Gasteiger partial charge in [0, 0.05) is 12.1 Å². The van der Waals surface area contributed by atoms with Crippen molar-refractivity contribution >= 4 is 27.7 Å². The number of carboxylic acid groups (broad SMARTS) is 1. The monoisotopic (exact) mass is 260 g/mol. The van der Waals surface area contributed by atoms with Crippen LogP contribution in [-0.2, 0) is 4.79 Å². The van der Waals surface area contributed by atoms with Crippen molar-refractivity contribution in [3.8, 4) is 0 Å². The molecule has 18 heavy (non-hydrogen) atoms. The van der Waals surface area contributed by atoms with Gasteiger partial charge in [0.05, 0.1) is 10.9 Å². The molecule has 5 heteroatoms. The van der Waals surface area contributed by atoms with Gasteiger partial charge in [0.1, 0.15) is 10.3 Å². The summed E-state index contributed by atoms with van der Waals surface area (Å²) in [5, 5.41) is 10.2. The molecule has 0 saturated heterocycles. The summed E-state index contributed by atoms with van der Waals surface area (Å²) in [7, 11) is 0. The lowest BCUT2D eigenvalue weighted by Crippen LogP contribution is -2.23. The molecular formula is C13H12N2O2S. The third-order valence-corrected chi connectivity index (χ3v) is 4.36. The van der Waals surface area contributed by atoms with Gasteiger partial charge in [0.25, 0.3) is 0 Å². The van der Waals surface area contributed by atoms with Crippen LogP contribution in [0, 0.1) is 5.92 Å². The molecule has 0 unspecified atom stereocenters. The number of carboxylic acids is 1. The lowest BCUT2D eigenvalue weighted by atomic mass is 9.83. The van der Waals surface area contributed by atoms with E-state index >= 15 is 0 Å². The van der Waals surface area contributed by atoms with Crippen molar-refractivity contribution in [3.05, 3.63) is 35.5 Å². The Morgan fingerprint density at radius 1 is 1.39 bits per heavy atom. The third kappa shape index (κ3) is 1.90. The van der Waals surface area contributed by atoms with Gasteiger partial charge in [0.15, 0.2) is 0 Å². The van der Waals surface area contributed by atoms with Crippen molar-refractivity contribution in [2.75, 3.05) is 0 Å². The van der Waals surface area contributed by atoms with Crippen molar-refractivity contribution in [2.45, 2.75) is 18.8 Å². The van der Waals surface area contributed by atoms with E-state index in [1.54, 1.807) is 6.20 Å². The molecule has 0 fully saturated rings. The van der Waals surface area contributed by atoms with Gasteiger partial charge < -0.3 is 5.11 Å². The first kappa shape index (κ1) is 11.3. The van der Waals surface area contributed by atoms with E-state index in [0.29, 0.717) is 6.42 Å². The minimum absolute atomic E-state index is 0.0216. The largest absolute Gasteiger partial charge is 0.481 e. The summed E-state index contributed by atoms with van der Waals surface area (Å²) in [5.41, 5.74) is 0.858. The van der Waals surface area contributed by atoms with Gasteiger partial charge in [-0.2, -0.15) is 0 Å². The van der Waals surface area contributed by atoms with E-state index < -0.39 is 5.97 Å².